The lowest BCUT2D eigenvalue weighted by Gasteiger charge is -2.02. The molecule has 2 heterocycles. The Morgan fingerprint density at radius 3 is 3.11 bits per heavy atom. The lowest BCUT2D eigenvalue weighted by Crippen LogP contribution is -2.10. The molecule has 2 aromatic rings. The highest BCUT2D eigenvalue weighted by atomic mass is 32.1. The third kappa shape index (κ3) is 3.56. The number of carboxylic acid groups (broad SMARTS) is 1. The second-order valence-corrected chi connectivity index (χ2v) is 4.78. The third-order valence-corrected chi connectivity index (χ3v) is 3.11. The zero-order valence-electron chi connectivity index (χ0n) is 9.96. The minimum atomic E-state index is -0.862. The quantitative estimate of drug-likeness (QED) is 0.826. The van der Waals surface area contributed by atoms with Gasteiger partial charge in [0.25, 0.3) is 0 Å². The first-order valence-electron chi connectivity index (χ1n) is 5.52. The minimum Gasteiger partial charge on any atom is -0.481 e. The van der Waals surface area contributed by atoms with Crippen LogP contribution in [0.15, 0.2) is 17.8 Å². The number of aromatic nitrogens is 3. The summed E-state index contributed by atoms with van der Waals surface area (Å²) in [5.41, 5.74) is 1.72. The van der Waals surface area contributed by atoms with Gasteiger partial charge in [-0.25, -0.2) is 4.98 Å². The van der Waals surface area contributed by atoms with Crippen LogP contribution in [0.5, 0.6) is 0 Å². The average Bonchev–Trinajstić information content (AvgIpc) is 2.88. The number of aliphatic carboxylic acids is 1. The van der Waals surface area contributed by atoms with E-state index >= 15 is 0 Å². The van der Waals surface area contributed by atoms with E-state index in [1.165, 1.54) is 11.3 Å². The largest absolute Gasteiger partial charge is 0.481 e. The molecule has 0 aromatic carbocycles. The Morgan fingerprint density at radius 2 is 2.44 bits per heavy atom. The third-order valence-electron chi connectivity index (χ3n) is 2.26. The molecular formula is C11H14N4O2S. The number of aryl methyl sites for hydroxylation is 1. The van der Waals surface area contributed by atoms with Gasteiger partial charge in [-0.05, 0) is 12.5 Å². The summed E-state index contributed by atoms with van der Waals surface area (Å²) in [7, 11) is 0. The molecule has 0 unspecified atom stereocenters. The molecule has 6 nitrogen and oxygen atoms in total. The number of hydrogen-bond donors (Lipinski definition) is 2. The molecule has 2 rings (SSSR count). The maximum absolute atomic E-state index is 10.5. The van der Waals surface area contributed by atoms with Crippen LogP contribution in [0.2, 0.25) is 0 Å². The zero-order chi connectivity index (χ0) is 13.0. The van der Waals surface area contributed by atoms with Gasteiger partial charge in [0.15, 0.2) is 5.13 Å². The Kier molecular flexibility index (Phi) is 3.93. The van der Waals surface area contributed by atoms with Gasteiger partial charge in [0.1, 0.15) is 0 Å². The highest BCUT2D eigenvalue weighted by Gasteiger charge is 2.05. The lowest BCUT2D eigenvalue weighted by molar-refractivity contribution is -0.136. The van der Waals surface area contributed by atoms with Gasteiger partial charge in [0.2, 0.25) is 0 Å². The first-order valence-corrected chi connectivity index (χ1v) is 6.40. The molecule has 2 N–H and O–H groups in total. The first kappa shape index (κ1) is 12.6. The molecule has 2 aromatic heterocycles. The molecular weight excluding hydrogens is 252 g/mol. The van der Waals surface area contributed by atoms with Gasteiger partial charge in [-0.15, -0.1) is 11.3 Å². The van der Waals surface area contributed by atoms with Gasteiger partial charge in [0.05, 0.1) is 24.9 Å². The molecule has 0 aliphatic rings. The monoisotopic (exact) mass is 266 g/mol. The summed E-state index contributed by atoms with van der Waals surface area (Å²) in [6.45, 7) is 3.46. The summed E-state index contributed by atoms with van der Waals surface area (Å²) in [6, 6.07) is 0. The molecule has 0 amide bonds. The van der Waals surface area contributed by atoms with Crippen molar-refractivity contribution in [2.24, 2.45) is 0 Å². The number of hydrogen-bond acceptors (Lipinski definition) is 5. The Bertz CT molecular complexity index is 535. The van der Waals surface area contributed by atoms with Crippen LogP contribution in [0.1, 0.15) is 11.3 Å². The second-order valence-electron chi connectivity index (χ2n) is 3.92. The van der Waals surface area contributed by atoms with Gasteiger partial charge in [-0.2, -0.15) is 5.10 Å². The fraction of sp³-hybridized carbons (Fsp3) is 0.364. The Balaban J connectivity index is 1.79. The molecule has 0 saturated heterocycles. The topological polar surface area (TPSA) is 80.0 Å². The van der Waals surface area contributed by atoms with Gasteiger partial charge < -0.3 is 10.4 Å². The van der Waals surface area contributed by atoms with E-state index < -0.39 is 5.97 Å². The van der Waals surface area contributed by atoms with Crippen LogP contribution in [-0.2, 0) is 17.8 Å². The highest BCUT2D eigenvalue weighted by molar-refractivity contribution is 7.13. The van der Waals surface area contributed by atoms with Crippen molar-refractivity contribution < 1.29 is 9.90 Å². The smallest absolute Gasteiger partial charge is 0.309 e. The van der Waals surface area contributed by atoms with Crippen LogP contribution in [0, 0.1) is 6.92 Å². The molecule has 0 bridgehead atoms. The van der Waals surface area contributed by atoms with Crippen LogP contribution in [-0.4, -0.2) is 32.4 Å². The summed E-state index contributed by atoms with van der Waals surface area (Å²) in [6.07, 6.45) is 3.75. The van der Waals surface area contributed by atoms with Crippen molar-refractivity contribution in [2.75, 3.05) is 11.9 Å². The van der Waals surface area contributed by atoms with E-state index in [1.54, 1.807) is 5.38 Å². The molecule has 0 saturated carbocycles. The van der Waals surface area contributed by atoms with Crippen molar-refractivity contribution >= 4 is 22.4 Å². The van der Waals surface area contributed by atoms with Gasteiger partial charge >= 0.3 is 5.97 Å². The van der Waals surface area contributed by atoms with Crippen molar-refractivity contribution in [1.29, 1.82) is 0 Å². The van der Waals surface area contributed by atoms with Crippen molar-refractivity contribution in [2.45, 2.75) is 19.9 Å². The van der Waals surface area contributed by atoms with E-state index in [9.17, 15) is 4.79 Å². The molecule has 96 valence electrons. The molecule has 0 fully saturated rings. The molecule has 7 heteroatoms. The lowest BCUT2D eigenvalue weighted by atomic mass is 10.3. The van der Waals surface area contributed by atoms with Crippen molar-refractivity contribution in [3.8, 4) is 0 Å². The second kappa shape index (κ2) is 5.63. The average molecular weight is 266 g/mol. The summed E-state index contributed by atoms with van der Waals surface area (Å²) in [5.74, 6) is -0.862. The van der Waals surface area contributed by atoms with Crippen molar-refractivity contribution in [3.63, 3.8) is 0 Å². The van der Waals surface area contributed by atoms with Crippen molar-refractivity contribution in [1.82, 2.24) is 14.8 Å². The predicted molar refractivity (Wildman–Crippen MR) is 68.9 cm³/mol. The number of thiazole rings is 1. The molecule has 0 aliphatic carbocycles. The first-order chi connectivity index (χ1) is 8.63. The number of rotatable bonds is 6. The van der Waals surface area contributed by atoms with Crippen LogP contribution in [0.4, 0.5) is 5.13 Å². The van der Waals surface area contributed by atoms with Crippen LogP contribution < -0.4 is 5.32 Å². The molecule has 0 spiro atoms. The Morgan fingerprint density at radius 1 is 1.61 bits per heavy atom. The number of carboxylic acids is 1. The summed E-state index contributed by atoms with van der Waals surface area (Å²) >= 11 is 1.42. The SMILES string of the molecule is Cc1cnn(CCNc2nc(CC(=O)O)cs2)c1. The fourth-order valence-corrected chi connectivity index (χ4v) is 2.23. The standard InChI is InChI=1S/C11H14N4O2S/c1-8-5-13-15(6-8)3-2-12-11-14-9(7-18-11)4-10(16)17/h5-7H,2-4H2,1H3,(H,12,14)(H,16,17). The summed E-state index contributed by atoms with van der Waals surface area (Å²) in [5, 5.41) is 18.5. The van der Waals surface area contributed by atoms with Crippen LogP contribution in [0.25, 0.3) is 0 Å². The summed E-state index contributed by atoms with van der Waals surface area (Å²) in [4.78, 5) is 14.7. The minimum absolute atomic E-state index is 0.0312. The molecule has 0 atom stereocenters. The van der Waals surface area contributed by atoms with Crippen LogP contribution in [0.3, 0.4) is 0 Å². The molecule has 0 radical (unpaired) electrons. The number of nitrogens with zero attached hydrogens (tertiary/aromatic N) is 3. The predicted octanol–water partition coefficient (Wildman–Crippen LogP) is 1.39. The Hall–Kier alpha value is -1.89. The molecule has 18 heavy (non-hydrogen) atoms. The van der Waals surface area contributed by atoms with E-state index in [2.05, 4.69) is 15.4 Å². The van der Waals surface area contributed by atoms with Gasteiger partial charge in [-0.3, -0.25) is 9.48 Å². The van der Waals surface area contributed by atoms with Crippen molar-refractivity contribution in [3.05, 3.63) is 29.0 Å². The zero-order valence-corrected chi connectivity index (χ0v) is 10.8. The number of nitrogens with one attached hydrogen (secondary N) is 1. The highest BCUT2D eigenvalue weighted by Crippen LogP contribution is 2.15. The van der Waals surface area contributed by atoms with E-state index in [1.807, 2.05) is 24.0 Å². The van der Waals surface area contributed by atoms with E-state index in [4.69, 9.17) is 5.11 Å². The van der Waals surface area contributed by atoms with Crippen LogP contribution >= 0.6 is 11.3 Å². The Labute approximate surface area is 108 Å². The number of carbonyl (C=O) groups is 1. The number of anilines is 1. The normalized spacial score (nSPS) is 10.5. The molecule has 0 aliphatic heterocycles. The maximum Gasteiger partial charge on any atom is 0.309 e. The van der Waals surface area contributed by atoms with E-state index in [0.717, 1.165) is 17.2 Å². The fourth-order valence-electron chi connectivity index (χ4n) is 1.49. The van der Waals surface area contributed by atoms with Gasteiger partial charge in [0, 0.05) is 18.1 Å². The van der Waals surface area contributed by atoms with E-state index in [-0.39, 0.29) is 6.42 Å². The van der Waals surface area contributed by atoms with Gasteiger partial charge in [-0.1, -0.05) is 0 Å². The summed E-state index contributed by atoms with van der Waals surface area (Å²) < 4.78 is 1.86. The maximum atomic E-state index is 10.5. The van der Waals surface area contributed by atoms with E-state index in [0.29, 0.717) is 12.2 Å².